The number of hydrogen-bond acceptors (Lipinski definition) is 2. The van der Waals surface area contributed by atoms with Gasteiger partial charge in [0, 0.05) is 12.1 Å². The molecule has 1 aliphatic rings. The maximum absolute atomic E-state index is 13.5. The average Bonchev–Trinajstić information content (AvgIpc) is 2.44. The van der Waals surface area contributed by atoms with Gasteiger partial charge in [0.1, 0.15) is 5.82 Å². The van der Waals surface area contributed by atoms with E-state index in [-0.39, 0.29) is 17.5 Å². The molecule has 1 aromatic carbocycles. The minimum atomic E-state index is -0.287. The SMILES string of the molecule is CNC(c1cc(F)ccc1Cl)C1(OC)CCCCC1. The molecule has 0 heterocycles. The van der Waals surface area contributed by atoms with Gasteiger partial charge in [0.25, 0.3) is 0 Å². The van der Waals surface area contributed by atoms with Crippen LogP contribution in [0.25, 0.3) is 0 Å². The number of nitrogens with one attached hydrogen (secondary N) is 1. The van der Waals surface area contributed by atoms with Gasteiger partial charge in [0.05, 0.1) is 11.6 Å². The molecule has 0 spiro atoms. The fourth-order valence-corrected chi connectivity index (χ4v) is 3.43. The maximum atomic E-state index is 13.5. The number of ether oxygens (including phenoxy) is 1. The van der Waals surface area contributed by atoms with Gasteiger partial charge < -0.3 is 10.1 Å². The lowest BCUT2D eigenvalue weighted by atomic mass is 9.76. The summed E-state index contributed by atoms with van der Waals surface area (Å²) >= 11 is 6.25. The Hall–Kier alpha value is -0.640. The first-order chi connectivity index (χ1) is 9.13. The molecule has 2 rings (SSSR count). The smallest absolute Gasteiger partial charge is 0.123 e. The molecular weight excluding hydrogens is 265 g/mol. The van der Waals surface area contributed by atoms with Gasteiger partial charge in [-0.3, -0.25) is 0 Å². The predicted molar refractivity (Wildman–Crippen MR) is 76.0 cm³/mol. The van der Waals surface area contributed by atoms with Gasteiger partial charge in [0.2, 0.25) is 0 Å². The Kier molecular flexibility index (Phi) is 4.82. The fraction of sp³-hybridized carbons (Fsp3) is 0.600. The number of halogens is 2. The molecule has 1 aliphatic carbocycles. The third-order valence-corrected chi connectivity index (χ3v) is 4.53. The number of methoxy groups -OCH3 is 1. The highest BCUT2D eigenvalue weighted by molar-refractivity contribution is 6.31. The summed E-state index contributed by atoms with van der Waals surface area (Å²) in [5.74, 6) is -0.262. The van der Waals surface area contributed by atoms with Crippen molar-refractivity contribution in [1.29, 1.82) is 0 Å². The molecule has 1 fully saturated rings. The van der Waals surface area contributed by atoms with E-state index in [1.54, 1.807) is 13.2 Å². The second-order valence-electron chi connectivity index (χ2n) is 5.22. The van der Waals surface area contributed by atoms with E-state index in [9.17, 15) is 4.39 Å². The zero-order chi connectivity index (χ0) is 13.9. The largest absolute Gasteiger partial charge is 0.376 e. The Morgan fingerprint density at radius 3 is 2.58 bits per heavy atom. The van der Waals surface area contributed by atoms with Gasteiger partial charge in [0.15, 0.2) is 0 Å². The van der Waals surface area contributed by atoms with Crippen LogP contribution in [-0.2, 0) is 4.74 Å². The Morgan fingerprint density at radius 2 is 2.00 bits per heavy atom. The second kappa shape index (κ2) is 6.21. The molecule has 19 heavy (non-hydrogen) atoms. The third kappa shape index (κ3) is 2.93. The first kappa shape index (κ1) is 14.8. The maximum Gasteiger partial charge on any atom is 0.123 e. The molecule has 0 radical (unpaired) electrons. The van der Waals surface area contributed by atoms with Crippen molar-refractivity contribution in [3.8, 4) is 0 Å². The standard InChI is InChI=1S/C15H21ClFNO/c1-18-14(12-10-11(17)6-7-13(12)16)15(19-2)8-4-3-5-9-15/h6-7,10,14,18H,3-5,8-9H2,1-2H3. The van der Waals surface area contributed by atoms with E-state index in [0.29, 0.717) is 5.02 Å². The minimum absolute atomic E-state index is 0.0824. The Labute approximate surface area is 119 Å². The molecule has 2 nitrogen and oxygen atoms in total. The summed E-state index contributed by atoms with van der Waals surface area (Å²) in [5, 5.41) is 3.86. The van der Waals surface area contributed by atoms with Crippen LogP contribution in [0.3, 0.4) is 0 Å². The van der Waals surface area contributed by atoms with Gasteiger partial charge in [-0.2, -0.15) is 0 Å². The summed E-state index contributed by atoms with van der Waals surface area (Å²) in [4.78, 5) is 0. The Balaban J connectivity index is 2.39. The highest BCUT2D eigenvalue weighted by Crippen LogP contribution is 2.42. The van der Waals surface area contributed by atoms with Crippen molar-refractivity contribution < 1.29 is 9.13 Å². The summed E-state index contributed by atoms with van der Waals surface area (Å²) in [5.41, 5.74) is 0.498. The third-order valence-electron chi connectivity index (χ3n) is 4.19. The van der Waals surface area contributed by atoms with E-state index in [0.717, 1.165) is 31.2 Å². The normalized spacial score (nSPS) is 20.2. The van der Waals surface area contributed by atoms with E-state index in [1.807, 2.05) is 7.05 Å². The second-order valence-corrected chi connectivity index (χ2v) is 5.62. The van der Waals surface area contributed by atoms with Crippen LogP contribution in [0.4, 0.5) is 4.39 Å². The topological polar surface area (TPSA) is 21.3 Å². The summed E-state index contributed by atoms with van der Waals surface area (Å²) in [6.07, 6.45) is 5.46. The van der Waals surface area contributed by atoms with Crippen molar-refractivity contribution in [3.05, 3.63) is 34.6 Å². The van der Waals surface area contributed by atoms with Crippen molar-refractivity contribution in [3.63, 3.8) is 0 Å². The quantitative estimate of drug-likeness (QED) is 0.900. The van der Waals surface area contributed by atoms with Crippen LogP contribution in [0, 0.1) is 5.82 Å². The first-order valence-electron chi connectivity index (χ1n) is 6.80. The van der Waals surface area contributed by atoms with E-state index in [4.69, 9.17) is 16.3 Å². The molecular formula is C15H21ClFNO. The molecule has 0 aliphatic heterocycles. The monoisotopic (exact) mass is 285 g/mol. The van der Waals surface area contributed by atoms with Crippen molar-refractivity contribution in [2.24, 2.45) is 0 Å². The van der Waals surface area contributed by atoms with Crippen molar-refractivity contribution >= 4 is 11.6 Å². The molecule has 1 N–H and O–H groups in total. The molecule has 106 valence electrons. The summed E-state index contributed by atoms with van der Waals surface area (Å²) in [7, 11) is 3.62. The zero-order valence-corrected chi connectivity index (χ0v) is 12.3. The van der Waals surface area contributed by atoms with Gasteiger partial charge >= 0.3 is 0 Å². The molecule has 1 saturated carbocycles. The van der Waals surface area contributed by atoms with Gasteiger partial charge in [-0.05, 0) is 43.7 Å². The highest BCUT2D eigenvalue weighted by atomic mass is 35.5. The van der Waals surface area contributed by atoms with Crippen molar-refractivity contribution in [2.45, 2.75) is 43.7 Å². The molecule has 0 amide bonds. The summed E-state index contributed by atoms with van der Waals surface area (Å²) < 4.78 is 19.4. The van der Waals surface area contributed by atoms with E-state index in [2.05, 4.69) is 5.32 Å². The van der Waals surface area contributed by atoms with Crippen LogP contribution in [-0.4, -0.2) is 19.8 Å². The number of likely N-dealkylation sites (N-methyl/N-ethyl adjacent to an activating group) is 1. The first-order valence-corrected chi connectivity index (χ1v) is 7.18. The average molecular weight is 286 g/mol. The van der Waals surface area contributed by atoms with Gasteiger partial charge in [-0.15, -0.1) is 0 Å². The fourth-order valence-electron chi connectivity index (χ4n) is 3.20. The summed E-state index contributed by atoms with van der Waals surface area (Å²) in [6.45, 7) is 0. The molecule has 0 aromatic heterocycles. The lowest BCUT2D eigenvalue weighted by Crippen LogP contribution is -2.46. The van der Waals surface area contributed by atoms with Crippen LogP contribution in [0.2, 0.25) is 5.02 Å². The zero-order valence-electron chi connectivity index (χ0n) is 11.5. The molecule has 1 atom stereocenters. The van der Waals surface area contributed by atoms with Gasteiger partial charge in [-0.1, -0.05) is 30.9 Å². The molecule has 1 unspecified atom stereocenters. The Morgan fingerprint density at radius 1 is 1.32 bits per heavy atom. The van der Waals surface area contributed by atoms with Crippen LogP contribution in [0.15, 0.2) is 18.2 Å². The van der Waals surface area contributed by atoms with Crippen molar-refractivity contribution in [1.82, 2.24) is 5.32 Å². The van der Waals surface area contributed by atoms with E-state index >= 15 is 0 Å². The predicted octanol–water partition coefficient (Wildman–Crippen LogP) is 4.09. The number of hydrogen-bond donors (Lipinski definition) is 1. The molecule has 4 heteroatoms. The molecule has 0 saturated heterocycles. The van der Waals surface area contributed by atoms with E-state index < -0.39 is 0 Å². The number of rotatable bonds is 4. The number of benzene rings is 1. The van der Waals surface area contributed by atoms with Crippen LogP contribution < -0.4 is 5.32 Å². The lowest BCUT2D eigenvalue weighted by molar-refractivity contribution is -0.0671. The molecule has 0 bridgehead atoms. The highest BCUT2D eigenvalue weighted by Gasteiger charge is 2.41. The van der Waals surface area contributed by atoms with Crippen LogP contribution in [0.1, 0.15) is 43.7 Å². The van der Waals surface area contributed by atoms with Gasteiger partial charge in [-0.25, -0.2) is 4.39 Å². The lowest BCUT2D eigenvalue weighted by Gasteiger charge is -2.43. The van der Waals surface area contributed by atoms with Crippen LogP contribution >= 0.6 is 11.6 Å². The summed E-state index contributed by atoms with van der Waals surface area (Å²) in [6, 6.07) is 4.43. The van der Waals surface area contributed by atoms with Crippen molar-refractivity contribution in [2.75, 3.05) is 14.2 Å². The van der Waals surface area contributed by atoms with E-state index in [1.165, 1.54) is 18.6 Å². The molecule has 1 aromatic rings. The van der Waals surface area contributed by atoms with Crippen LogP contribution in [0.5, 0.6) is 0 Å². The minimum Gasteiger partial charge on any atom is -0.376 e. The Bertz CT molecular complexity index is 432.